The Morgan fingerprint density at radius 3 is 2.70 bits per heavy atom. The van der Waals surface area contributed by atoms with Gasteiger partial charge in [-0.3, -0.25) is 15.0 Å². The van der Waals surface area contributed by atoms with Crippen LogP contribution in [0.15, 0.2) is 30.3 Å². The van der Waals surface area contributed by atoms with E-state index in [4.69, 9.17) is 9.72 Å². The molecule has 2 fully saturated rings. The predicted molar refractivity (Wildman–Crippen MR) is 102 cm³/mol. The highest BCUT2D eigenvalue weighted by Crippen LogP contribution is 2.28. The molecule has 0 aliphatic carbocycles. The molecule has 8 nitrogen and oxygen atoms in total. The van der Waals surface area contributed by atoms with E-state index in [1.165, 1.54) is 12.1 Å². The molecule has 2 saturated heterocycles. The number of nitrogens with zero attached hydrogens (tertiary/aromatic N) is 5. The number of nitro benzene ring substituents is 1. The molecule has 1 aromatic carbocycles. The number of nitro groups is 1. The first-order valence-corrected chi connectivity index (χ1v) is 9.24. The summed E-state index contributed by atoms with van der Waals surface area (Å²) in [6.07, 6.45) is 0.999. The molecule has 0 N–H and O–H groups in total. The molecule has 0 bridgehead atoms. The van der Waals surface area contributed by atoms with Crippen molar-refractivity contribution in [2.45, 2.75) is 25.5 Å². The fourth-order valence-corrected chi connectivity index (χ4v) is 3.73. The molecule has 2 aliphatic heterocycles. The third-order valence-corrected chi connectivity index (χ3v) is 5.37. The Morgan fingerprint density at radius 2 is 2.04 bits per heavy atom. The SMILES string of the molecule is CCc1cc(N2CC3OCCN(C)C3C2)nc(-c2ccc([N+](=O)[O-])cc2)n1. The van der Waals surface area contributed by atoms with Crippen LogP contribution in [0.2, 0.25) is 0 Å². The third-order valence-electron chi connectivity index (χ3n) is 5.37. The molecule has 2 unspecified atom stereocenters. The number of aromatic nitrogens is 2. The first-order valence-electron chi connectivity index (χ1n) is 9.24. The van der Waals surface area contributed by atoms with Crippen LogP contribution in [0, 0.1) is 10.1 Å². The molecule has 3 heterocycles. The van der Waals surface area contributed by atoms with Gasteiger partial charge in [-0.2, -0.15) is 0 Å². The number of benzene rings is 1. The van der Waals surface area contributed by atoms with E-state index in [2.05, 4.69) is 28.8 Å². The van der Waals surface area contributed by atoms with Crippen molar-refractivity contribution in [2.75, 3.05) is 38.2 Å². The van der Waals surface area contributed by atoms with Crippen LogP contribution >= 0.6 is 0 Å². The first-order chi connectivity index (χ1) is 13.0. The van der Waals surface area contributed by atoms with Gasteiger partial charge in [0.25, 0.3) is 5.69 Å². The molecule has 2 atom stereocenters. The molecule has 0 amide bonds. The summed E-state index contributed by atoms with van der Waals surface area (Å²) in [5.41, 5.74) is 1.80. The fourth-order valence-electron chi connectivity index (χ4n) is 3.73. The average Bonchev–Trinajstić information content (AvgIpc) is 3.13. The highest BCUT2D eigenvalue weighted by molar-refractivity contribution is 5.60. The van der Waals surface area contributed by atoms with E-state index in [0.717, 1.165) is 49.7 Å². The molecule has 1 aromatic heterocycles. The number of hydrogen-bond donors (Lipinski definition) is 0. The average molecular weight is 369 g/mol. The number of ether oxygens (including phenoxy) is 1. The van der Waals surface area contributed by atoms with Crippen LogP contribution in [-0.2, 0) is 11.2 Å². The molecule has 0 saturated carbocycles. The van der Waals surface area contributed by atoms with Crippen molar-refractivity contribution in [1.82, 2.24) is 14.9 Å². The van der Waals surface area contributed by atoms with Crippen LogP contribution in [0.25, 0.3) is 11.4 Å². The van der Waals surface area contributed by atoms with Gasteiger partial charge >= 0.3 is 0 Å². The Kier molecular flexibility index (Phi) is 4.75. The highest BCUT2D eigenvalue weighted by Gasteiger charge is 2.39. The zero-order valence-electron chi connectivity index (χ0n) is 15.5. The van der Waals surface area contributed by atoms with E-state index in [0.29, 0.717) is 11.9 Å². The number of likely N-dealkylation sites (N-methyl/N-ethyl adjacent to an activating group) is 1. The quantitative estimate of drug-likeness (QED) is 0.603. The molecule has 2 aliphatic rings. The second-order valence-corrected chi connectivity index (χ2v) is 7.06. The second-order valence-electron chi connectivity index (χ2n) is 7.06. The standard InChI is InChI=1S/C19H23N5O3/c1-3-14-10-18(23-11-16-17(12-23)27-9-8-22(16)2)21-19(20-14)13-4-6-15(7-5-13)24(25)26/h4-7,10,16-17H,3,8-9,11-12H2,1-2H3. The maximum Gasteiger partial charge on any atom is 0.269 e. The van der Waals surface area contributed by atoms with Gasteiger partial charge < -0.3 is 9.64 Å². The maximum atomic E-state index is 10.9. The summed E-state index contributed by atoms with van der Waals surface area (Å²) in [5.74, 6) is 1.49. The van der Waals surface area contributed by atoms with Gasteiger partial charge in [0.1, 0.15) is 5.82 Å². The lowest BCUT2D eigenvalue weighted by Gasteiger charge is -2.33. The van der Waals surface area contributed by atoms with E-state index in [1.54, 1.807) is 12.1 Å². The summed E-state index contributed by atoms with van der Waals surface area (Å²) in [7, 11) is 2.14. The van der Waals surface area contributed by atoms with Crippen LogP contribution in [0.5, 0.6) is 0 Å². The minimum absolute atomic E-state index is 0.0643. The normalized spacial score (nSPS) is 22.7. The van der Waals surface area contributed by atoms with Gasteiger partial charge in [0, 0.05) is 49.1 Å². The molecule has 4 rings (SSSR count). The molecule has 0 radical (unpaired) electrons. The van der Waals surface area contributed by atoms with E-state index in [1.807, 2.05) is 6.07 Å². The van der Waals surface area contributed by atoms with Gasteiger partial charge in [-0.1, -0.05) is 6.92 Å². The molecule has 142 valence electrons. The smallest absolute Gasteiger partial charge is 0.269 e. The van der Waals surface area contributed by atoms with Crippen LogP contribution < -0.4 is 4.90 Å². The Hall–Kier alpha value is -2.58. The van der Waals surface area contributed by atoms with Gasteiger partial charge in [-0.05, 0) is 25.6 Å². The topological polar surface area (TPSA) is 84.6 Å². The Balaban J connectivity index is 1.64. The zero-order valence-corrected chi connectivity index (χ0v) is 15.5. The largest absolute Gasteiger partial charge is 0.373 e. The van der Waals surface area contributed by atoms with Crippen LogP contribution in [-0.4, -0.2) is 65.2 Å². The Labute approximate surface area is 157 Å². The molecular weight excluding hydrogens is 346 g/mol. The summed E-state index contributed by atoms with van der Waals surface area (Å²) in [6, 6.07) is 8.80. The summed E-state index contributed by atoms with van der Waals surface area (Å²) in [4.78, 5) is 24.5. The summed E-state index contributed by atoms with van der Waals surface area (Å²) in [5, 5.41) is 10.9. The lowest BCUT2D eigenvalue weighted by molar-refractivity contribution is -0.384. The van der Waals surface area contributed by atoms with Crippen LogP contribution in [0.3, 0.4) is 0 Å². The van der Waals surface area contributed by atoms with Crippen molar-refractivity contribution in [3.63, 3.8) is 0 Å². The van der Waals surface area contributed by atoms with Crippen molar-refractivity contribution in [1.29, 1.82) is 0 Å². The monoisotopic (exact) mass is 369 g/mol. The number of non-ortho nitro benzene ring substituents is 1. The summed E-state index contributed by atoms with van der Waals surface area (Å²) >= 11 is 0. The minimum atomic E-state index is -0.402. The van der Waals surface area contributed by atoms with E-state index >= 15 is 0 Å². The van der Waals surface area contributed by atoms with E-state index in [9.17, 15) is 10.1 Å². The van der Waals surface area contributed by atoms with Crippen molar-refractivity contribution < 1.29 is 9.66 Å². The number of anilines is 1. The van der Waals surface area contributed by atoms with Crippen LogP contribution in [0.1, 0.15) is 12.6 Å². The first kappa shape index (κ1) is 17.8. The predicted octanol–water partition coefficient (Wildman–Crippen LogP) is 2.13. The molecule has 2 aromatic rings. The van der Waals surface area contributed by atoms with Gasteiger partial charge in [0.15, 0.2) is 5.82 Å². The number of fused-ring (bicyclic) bond motifs is 1. The van der Waals surface area contributed by atoms with E-state index < -0.39 is 4.92 Å². The Bertz CT molecular complexity index is 842. The molecule has 0 spiro atoms. The number of hydrogen-bond acceptors (Lipinski definition) is 7. The van der Waals surface area contributed by atoms with Crippen LogP contribution in [0.4, 0.5) is 11.5 Å². The highest BCUT2D eigenvalue weighted by atomic mass is 16.6. The molecule has 8 heteroatoms. The second kappa shape index (κ2) is 7.21. The Morgan fingerprint density at radius 1 is 1.26 bits per heavy atom. The van der Waals surface area contributed by atoms with Gasteiger partial charge in [0.05, 0.1) is 23.7 Å². The van der Waals surface area contributed by atoms with Gasteiger partial charge in [-0.15, -0.1) is 0 Å². The van der Waals surface area contributed by atoms with Crippen molar-refractivity contribution in [2.24, 2.45) is 0 Å². The van der Waals surface area contributed by atoms with E-state index in [-0.39, 0.29) is 11.8 Å². The van der Waals surface area contributed by atoms with Crippen molar-refractivity contribution >= 4 is 11.5 Å². The number of rotatable bonds is 4. The van der Waals surface area contributed by atoms with Gasteiger partial charge in [0.2, 0.25) is 0 Å². The van der Waals surface area contributed by atoms with Gasteiger partial charge in [-0.25, -0.2) is 9.97 Å². The minimum Gasteiger partial charge on any atom is -0.373 e. The fraction of sp³-hybridized carbons (Fsp3) is 0.474. The number of aryl methyl sites for hydroxylation is 1. The summed E-state index contributed by atoms with van der Waals surface area (Å²) < 4.78 is 5.94. The maximum absolute atomic E-state index is 10.9. The lowest BCUT2D eigenvalue weighted by atomic mass is 10.1. The molecular formula is C19H23N5O3. The van der Waals surface area contributed by atoms with Crippen molar-refractivity contribution in [3.05, 3.63) is 46.1 Å². The molecule has 27 heavy (non-hydrogen) atoms. The summed E-state index contributed by atoms with van der Waals surface area (Å²) in [6.45, 7) is 5.47. The third kappa shape index (κ3) is 3.50. The lowest BCUT2D eigenvalue weighted by Crippen LogP contribution is -2.48. The number of morpholine rings is 1. The zero-order chi connectivity index (χ0) is 19.0. The van der Waals surface area contributed by atoms with Crippen molar-refractivity contribution in [3.8, 4) is 11.4 Å².